The first-order valence-electron chi connectivity index (χ1n) is 7.99. The molecule has 1 aliphatic heterocycles. The number of nitrogen functional groups attached to an aromatic ring is 1. The first kappa shape index (κ1) is 16.8. The number of hydrogen-bond acceptors (Lipinski definition) is 9. The van der Waals surface area contributed by atoms with Gasteiger partial charge in [-0.3, -0.25) is 4.68 Å². The lowest BCUT2D eigenvalue weighted by Crippen LogP contribution is -2.44. The molecule has 138 valence electrons. The molecule has 0 saturated carbocycles. The summed E-state index contributed by atoms with van der Waals surface area (Å²) >= 11 is 0. The number of nitrogens with zero attached hydrogens (tertiary/aromatic N) is 6. The van der Waals surface area contributed by atoms with Crippen molar-refractivity contribution in [3.63, 3.8) is 0 Å². The molecule has 4 rings (SSSR count). The van der Waals surface area contributed by atoms with Crippen molar-refractivity contribution in [3.8, 4) is 11.3 Å². The van der Waals surface area contributed by atoms with Crippen LogP contribution in [-0.4, -0.2) is 69.3 Å². The maximum atomic E-state index is 10.8. The lowest BCUT2D eigenvalue weighted by Gasteiger charge is -2.27. The first-order valence-corrected chi connectivity index (χ1v) is 7.99. The van der Waals surface area contributed by atoms with Crippen LogP contribution in [0.3, 0.4) is 0 Å². The number of fused-ring (bicyclic) bond motifs is 1. The summed E-state index contributed by atoms with van der Waals surface area (Å²) in [5, 5.41) is 39.0. The van der Waals surface area contributed by atoms with E-state index in [-0.39, 0.29) is 5.82 Å². The summed E-state index contributed by atoms with van der Waals surface area (Å²) in [6.07, 6.45) is 1.51. The number of ether oxygens (including phenoxy) is 1. The molecule has 0 amide bonds. The normalized spacial score (nSPS) is 28.9. The van der Waals surface area contributed by atoms with Crippen molar-refractivity contribution in [2.24, 2.45) is 7.05 Å². The summed E-state index contributed by atoms with van der Waals surface area (Å²) < 4.78 is 8.81. The number of aromatic nitrogens is 6. The Morgan fingerprint density at radius 1 is 1.35 bits per heavy atom. The molecule has 1 aliphatic rings. The molecule has 1 fully saturated rings. The molecule has 3 aromatic rings. The third-order valence-electron chi connectivity index (χ3n) is 4.70. The van der Waals surface area contributed by atoms with Gasteiger partial charge in [-0.2, -0.15) is 0 Å². The molecular weight excluding hydrogens is 342 g/mol. The molecule has 0 radical (unpaired) electrons. The predicted molar refractivity (Wildman–Crippen MR) is 89.6 cm³/mol. The number of aliphatic hydroxyl groups excluding tert-OH is 2. The highest BCUT2D eigenvalue weighted by Gasteiger charge is 2.53. The Morgan fingerprint density at radius 2 is 2.12 bits per heavy atom. The highest BCUT2D eigenvalue weighted by Crippen LogP contribution is 2.42. The van der Waals surface area contributed by atoms with Crippen molar-refractivity contribution in [2.45, 2.75) is 31.0 Å². The van der Waals surface area contributed by atoms with Crippen LogP contribution in [0.2, 0.25) is 0 Å². The minimum absolute atomic E-state index is 0.242. The Balaban J connectivity index is 1.93. The first-order chi connectivity index (χ1) is 12.3. The van der Waals surface area contributed by atoms with Crippen molar-refractivity contribution in [1.82, 2.24) is 29.5 Å². The summed E-state index contributed by atoms with van der Waals surface area (Å²) in [7, 11) is 1.74. The van der Waals surface area contributed by atoms with Gasteiger partial charge in [-0.1, -0.05) is 5.21 Å². The third-order valence-corrected chi connectivity index (χ3v) is 4.70. The van der Waals surface area contributed by atoms with Crippen LogP contribution in [0.1, 0.15) is 13.2 Å². The van der Waals surface area contributed by atoms with E-state index >= 15 is 0 Å². The fourth-order valence-electron chi connectivity index (χ4n) is 3.34. The smallest absolute Gasteiger partial charge is 0.167 e. The van der Waals surface area contributed by atoms with E-state index in [1.807, 2.05) is 0 Å². The molecule has 0 aliphatic carbocycles. The van der Waals surface area contributed by atoms with Crippen molar-refractivity contribution in [2.75, 3.05) is 12.3 Å². The highest BCUT2D eigenvalue weighted by atomic mass is 16.6. The standard InChI is InChI=1S/C15H19N7O4/c1-15(25)11(24)9(5-23)26-14(15)22-3-7(8-4-21(2)20-19-8)10-12(16)17-6-18-13(10)22/h3-4,6,9,11,14,23-25H,5H2,1-2H3,(H2,16,17,18)/t9?,11-,14?,15-/m1/s1. The van der Waals surface area contributed by atoms with E-state index in [1.54, 1.807) is 28.7 Å². The molecule has 11 heteroatoms. The van der Waals surface area contributed by atoms with E-state index in [0.717, 1.165) is 0 Å². The van der Waals surface area contributed by atoms with E-state index in [1.165, 1.54) is 13.3 Å². The van der Waals surface area contributed by atoms with Gasteiger partial charge in [0.2, 0.25) is 0 Å². The van der Waals surface area contributed by atoms with Crippen molar-refractivity contribution in [3.05, 3.63) is 18.7 Å². The minimum Gasteiger partial charge on any atom is -0.394 e. The van der Waals surface area contributed by atoms with Crippen LogP contribution >= 0.6 is 0 Å². The minimum atomic E-state index is -1.65. The van der Waals surface area contributed by atoms with Crippen molar-refractivity contribution >= 4 is 16.9 Å². The molecule has 0 aromatic carbocycles. The monoisotopic (exact) mass is 361 g/mol. The number of aryl methyl sites for hydroxylation is 1. The van der Waals surface area contributed by atoms with E-state index in [2.05, 4.69) is 20.3 Å². The van der Waals surface area contributed by atoms with Gasteiger partial charge in [0.05, 0.1) is 18.2 Å². The van der Waals surface area contributed by atoms with Gasteiger partial charge in [0.1, 0.15) is 41.3 Å². The summed E-state index contributed by atoms with van der Waals surface area (Å²) in [4.78, 5) is 8.29. The zero-order valence-electron chi connectivity index (χ0n) is 14.2. The lowest BCUT2D eigenvalue weighted by atomic mass is 9.96. The second-order valence-corrected chi connectivity index (χ2v) is 6.57. The number of anilines is 1. The largest absolute Gasteiger partial charge is 0.394 e. The number of hydrogen-bond donors (Lipinski definition) is 4. The van der Waals surface area contributed by atoms with Crippen LogP contribution in [0.5, 0.6) is 0 Å². The molecule has 4 atom stereocenters. The summed E-state index contributed by atoms with van der Waals surface area (Å²) in [6, 6.07) is 0. The van der Waals surface area contributed by atoms with Gasteiger partial charge in [0.25, 0.3) is 0 Å². The van der Waals surface area contributed by atoms with Crippen LogP contribution < -0.4 is 5.73 Å². The lowest BCUT2D eigenvalue weighted by molar-refractivity contribution is -0.0948. The highest BCUT2D eigenvalue weighted by molar-refractivity contribution is 5.99. The van der Waals surface area contributed by atoms with Crippen LogP contribution in [0.4, 0.5) is 5.82 Å². The fourth-order valence-corrected chi connectivity index (χ4v) is 3.34. The average molecular weight is 361 g/mol. The SMILES string of the molecule is Cn1cc(-c2cn(C3OC(CO)[C@@H](O)[C@@]3(C)O)c3ncnc(N)c23)nn1. The van der Waals surface area contributed by atoms with E-state index in [9.17, 15) is 15.3 Å². The fraction of sp³-hybridized carbons (Fsp3) is 0.467. The van der Waals surface area contributed by atoms with Gasteiger partial charge >= 0.3 is 0 Å². The molecular formula is C15H19N7O4. The van der Waals surface area contributed by atoms with Gasteiger partial charge in [0.15, 0.2) is 6.23 Å². The number of aliphatic hydroxyl groups is 3. The Morgan fingerprint density at radius 3 is 2.73 bits per heavy atom. The summed E-state index contributed by atoms with van der Waals surface area (Å²) in [5.41, 5.74) is 5.98. The van der Waals surface area contributed by atoms with Gasteiger partial charge in [-0.25, -0.2) is 9.97 Å². The van der Waals surface area contributed by atoms with Gasteiger partial charge in [-0.05, 0) is 6.92 Å². The molecule has 3 aromatic heterocycles. The van der Waals surface area contributed by atoms with Crippen LogP contribution in [0.25, 0.3) is 22.3 Å². The Bertz CT molecular complexity index is 966. The second kappa shape index (κ2) is 5.71. The second-order valence-electron chi connectivity index (χ2n) is 6.57. The maximum absolute atomic E-state index is 10.8. The molecule has 4 heterocycles. The zero-order valence-corrected chi connectivity index (χ0v) is 14.2. The molecule has 11 nitrogen and oxygen atoms in total. The number of rotatable bonds is 3. The Hall–Kier alpha value is -2.60. The van der Waals surface area contributed by atoms with Gasteiger partial charge in [0, 0.05) is 18.8 Å². The maximum Gasteiger partial charge on any atom is 0.167 e. The molecule has 5 N–H and O–H groups in total. The van der Waals surface area contributed by atoms with Crippen molar-refractivity contribution < 1.29 is 20.1 Å². The molecule has 26 heavy (non-hydrogen) atoms. The summed E-state index contributed by atoms with van der Waals surface area (Å²) in [5.74, 6) is 0.242. The Kier molecular flexibility index (Phi) is 3.70. The molecule has 0 bridgehead atoms. The van der Waals surface area contributed by atoms with Gasteiger partial charge in [-0.15, -0.1) is 5.10 Å². The topological polar surface area (TPSA) is 157 Å². The van der Waals surface area contributed by atoms with Gasteiger partial charge < -0.3 is 30.4 Å². The summed E-state index contributed by atoms with van der Waals surface area (Å²) in [6.45, 7) is 1.01. The molecule has 0 spiro atoms. The van der Waals surface area contributed by atoms with Crippen LogP contribution in [0, 0.1) is 0 Å². The van der Waals surface area contributed by atoms with Crippen LogP contribution in [-0.2, 0) is 11.8 Å². The van der Waals surface area contributed by atoms with E-state index < -0.39 is 30.6 Å². The predicted octanol–water partition coefficient (Wildman–Crippen LogP) is -1.19. The van der Waals surface area contributed by atoms with E-state index in [4.69, 9.17) is 10.5 Å². The van der Waals surface area contributed by atoms with Crippen LogP contribution in [0.15, 0.2) is 18.7 Å². The van der Waals surface area contributed by atoms with Crippen molar-refractivity contribution in [1.29, 1.82) is 0 Å². The molecule has 2 unspecified atom stereocenters. The quantitative estimate of drug-likeness (QED) is 0.450. The van der Waals surface area contributed by atoms with E-state index in [0.29, 0.717) is 22.3 Å². The molecule has 1 saturated heterocycles. The average Bonchev–Trinajstić information content (AvgIpc) is 3.25. The third kappa shape index (κ3) is 2.29. The Labute approximate surface area is 147 Å². The number of nitrogens with two attached hydrogens (primary N) is 1. The zero-order chi connectivity index (χ0) is 18.6.